The van der Waals surface area contributed by atoms with Gasteiger partial charge < -0.3 is 89.2 Å². The molecule has 3 fully saturated rings. The summed E-state index contributed by atoms with van der Waals surface area (Å²) >= 11 is 1.67. The number of nitrogens with zero attached hydrogens (tertiary/aromatic N) is 10. The molecule has 588 valence electrons. The van der Waals surface area contributed by atoms with Gasteiger partial charge in [-0.3, -0.25) is 19.1 Å². The van der Waals surface area contributed by atoms with Crippen molar-refractivity contribution in [2.75, 3.05) is 77.8 Å². The summed E-state index contributed by atoms with van der Waals surface area (Å²) < 4.78 is 55.6. The lowest BCUT2D eigenvalue weighted by molar-refractivity contribution is 0.0244. The first kappa shape index (κ1) is 76.4. The van der Waals surface area contributed by atoms with Gasteiger partial charge in [0.05, 0.1) is 102 Å². The number of carbonyl (C=O) groups is 3. The van der Waals surface area contributed by atoms with Crippen LogP contribution in [0.1, 0.15) is 108 Å². The minimum Gasteiger partial charge on any atom is -0.495 e. The number of nitrogens with one attached hydrogen (secondary N) is 9. The standard InChI is InChI=1S/C31H34N6O4.C28H28N6O4S.C23H25N7O4/c1-17-33-23-12-10-18(14-25(23)40-17)21-16-32-27-26(21)29(41-20-8-6-7-9-20)36-30(35-27)34-22-13-11-19(15-24(22)39-5)28(38)37-31(2,3)4;1-15-31-21-7-4-16(13-23(21)39-15)19-14-30-25-24(19)27(38-18-8-10-37-11-9-18)34-28(33-25)32-20-6-5-17(26(35)29-2)12-22(20)36-3;1-24-21(31)13-4-5-16(18(10-13)32-3)27-23-28-20-19(22(29-23)34-14-7-9-33-12-14)15(11-25-20)17-6-8-26-30(17)2/h10-16,20H,6-9H2,1-5H3,(H,37,38)(H2,32,34,35,36);4-7,12-14,18H,8-11H2,1-3H3,(H,29,35)(H2,30,32,33,34);4-6,8,10-11,14H,7,9,12H2,1-3H3,(H,24,31)(H2,25,27,28,29)/t;;14-/m..0/s1. The highest BCUT2D eigenvalue weighted by Gasteiger charge is 2.29. The molecule has 11 heterocycles. The van der Waals surface area contributed by atoms with Crippen LogP contribution >= 0.6 is 11.3 Å². The van der Waals surface area contributed by atoms with Gasteiger partial charge in [0.1, 0.15) is 58.0 Å². The number of aryl methyl sites for hydroxylation is 3. The average molecular weight is 1560 g/mol. The van der Waals surface area contributed by atoms with Crippen LogP contribution in [0.3, 0.4) is 0 Å². The maximum atomic E-state index is 12.7. The number of hydrogen-bond donors (Lipinski definition) is 9. The number of fused-ring (bicyclic) bond motifs is 5. The molecule has 32 heteroatoms. The van der Waals surface area contributed by atoms with Crippen LogP contribution in [0.5, 0.6) is 34.9 Å². The van der Waals surface area contributed by atoms with Crippen molar-refractivity contribution in [3.8, 4) is 68.4 Å². The second kappa shape index (κ2) is 33.2. The Morgan fingerprint density at radius 1 is 0.518 bits per heavy atom. The van der Waals surface area contributed by atoms with E-state index < -0.39 is 0 Å². The first-order valence-electron chi connectivity index (χ1n) is 37.4. The molecule has 2 saturated heterocycles. The van der Waals surface area contributed by atoms with E-state index in [1.165, 1.54) is 7.11 Å². The maximum absolute atomic E-state index is 12.7. The number of aromatic amines is 3. The van der Waals surface area contributed by atoms with Crippen molar-refractivity contribution >= 4 is 118 Å². The topological polar surface area (TPSA) is 379 Å². The summed E-state index contributed by atoms with van der Waals surface area (Å²) in [5, 5.41) is 25.6. The van der Waals surface area contributed by atoms with E-state index >= 15 is 0 Å². The predicted molar refractivity (Wildman–Crippen MR) is 435 cm³/mol. The van der Waals surface area contributed by atoms with E-state index in [0.717, 1.165) is 121 Å². The molecule has 9 N–H and O–H groups in total. The number of hydrogen-bond acceptors (Lipinski definition) is 25. The van der Waals surface area contributed by atoms with Crippen molar-refractivity contribution in [2.24, 2.45) is 7.05 Å². The summed E-state index contributed by atoms with van der Waals surface area (Å²) in [5.74, 6) is 3.99. The highest BCUT2D eigenvalue weighted by atomic mass is 32.1. The third-order valence-corrected chi connectivity index (χ3v) is 20.4. The van der Waals surface area contributed by atoms with E-state index in [-0.39, 0.29) is 41.6 Å². The molecule has 5 aromatic carbocycles. The van der Waals surface area contributed by atoms with Gasteiger partial charge in [-0.05, 0) is 149 Å². The Balaban J connectivity index is 0.000000135. The highest BCUT2D eigenvalue weighted by Crippen LogP contribution is 2.43. The van der Waals surface area contributed by atoms with Crippen LogP contribution in [0, 0.1) is 13.8 Å². The normalized spacial score (nSPS) is 14.5. The Morgan fingerprint density at radius 3 is 1.46 bits per heavy atom. The number of thiazole rings is 1. The van der Waals surface area contributed by atoms with Crippen LogP contribution in [0.4, 0.5) is 34.9 Å². The van der Waals surface area contributed by atoms with E-state index in [4.69, 9.17) is 67.2 Å². The number of carbonyl (C=O) groups excluding carboxylic acids is 3. The Hall–Kier alpha value is -12.9. The van der Waals surface area contributed by atoms with Gasteiger partial charge in [-0.15, -0.1) is 11.3 Å². The zero-order valence-electron chi connectivity index (χ0n) is 64.8. The first-order chi connectivity index (χ1) is 55.2. The Morgan fingerprint density at radius 2 is 0.982 bits per heavy atom. The molecule has 0 unspecified atom stereocenters. The molecule has 1 aliphatic carbocycles. The number of rotatable bonds is 21. The average Bonchev–Trinajstić information content (AvgIpc) is 1.62. The van der Waals surface area contributed by atoms with E-state index in [2.05, 4.69) is 79.0 Å². The number of aromatic nitrogens is 13. The Kier molecular flexibility index (Phi) is 22.2. The number of benzene rings is 5. The van der Waals surface area contributed by atoms with Gasteiger partial charge in [0.25, 0.3) is 17.7 Å². The van der Waals surface area contributed by atoms with Crippen molar-refractivity contribution in [1.82, 2.24) is 80.6 Å². The fourth-order valence-electron chi connectivity index (χ4n) is 13.9. The molecule has 1 saturated carbocycles. The van der Waals surface area contributed by atoms with Gasteiger partial charge in [-0.1, -0.05) is 12.1 Å². The van der Waals surface area contributed by atoms with Crippen molar-refractivity contribution in [3.05, 3.63) is 149 Å². The SMILES string of the molecule is CNC(=O)c1ccc(Nc2nc(OC3CCOCC3)c3c(-c4ccc5nc(C)sc5c4)c[nH]c3n2)c(OC)c1.CNC(=O)c1ccc(Nc2nc(O[C@H]3CCOC3)c3c(-c4ccnn4C)c[nH]c3n2)c(OC)c1.COc1cc(C(=O)NC(C)(C)C)ccc1Nc1nc(OC2CCCC2)c2c(-c3ccc4nc(C)oc4c3)c[nH]c2n1. The lowest BCUT2D eigenvalue weighted by Crippen LogP contribution is -2.40. The molecule has 3 aliphatic rings. The molecule has 0 bridgehead atoms. The highest BCUT2D eigenvalue weighted by molar-refractivity contribution is 7.18. The lowest BCUT2D eigenvalue weighted by atomic mass is 10.1. The van der Waals surface area contributed by atoms with Gasteiger partial charge >= 0.3 is 0 Å². The predicted octanol–water partition coefficient (Wildman–Crippen LogP) is 14.5. The minimum absolute atomic E-state index is 0.0135. The quantitative estimate of drug-likeness (QED) is 0.0323. The number of ether oxygens (including phenoxy) is 8. The Bertz CT molecular complexity index is 5880. The number of methoxy groups -OCH3 is 3. The fraction of sp³-hybridized carbons (Fsp3) is 0.317. The molecule has 0 spiro atoms. The summed E-state index contributed by atoms with van der Waals surface area (Å²) in [6.07, 6.45) is 14.1. The monoisotopic (exact) mass is 1560 g/mol. The van der Waals surface area contributed by atoms with E-state index in [0.29, 0.717) is 136 Å². The van der Waals surface area contributed by atoms with Crippen LogP contribution < -0.4 is 60.3 Å². The number of anilines is 6. The molecule has 2 aliphatic heterocycles. The van der Waals surface area contributed by atoms with Crippen molar-refractivity contribution in [1.29, 1.82) is 0 Å². The van der Waals surface area contributed by atoms with E-state index in [9.17, 15) is 14.4 Å². The molecule has 9 aromatic heterocycles. The fourth-order valence-corrected chi connectivity index (χ4v) is 14.7. The second-order valence-corrected chi connectivity index (χ2v) is 29.8. The summed E-state index contributed by atoms with van der Waals surface area (Å²) in [6.45, 7) is 12.1. The number of oxazole rings is 1. The van der Waals surface area contributed by atoms with Gasteiger partial charge in [0.15, 0.2) is 11.5 Å². The second-order valence-electron chi connectivity index (χ2n) is 28.5. The molecule has 3 amide bonds. The van der Waals surface area contributed by atoms with Gasteiger partial charge in [0, 0.05) is 111 Å². The largest absolute Gasteiger partial charge is 0.495 e. The van der Waals surface area contributed by atoms with E-state index in [1.807, 2.05) is 90.6 Å². The Labute approximate surface area is 658 Å². The van der Waals surface area contributed by atoms with Crippen molar-refractivity contribution in [2.45, 2.75) is 103 Å². The summed E-state index contributed by atoms with van der Waals surface area (Å²) in [6, 6.07) is 29.6. The molecular weight excluding hydrogens is 1480 g/mol. The third kappa shape index (κ3) is 16.8. The van der Waals surface area contributed by atoms with Crippen molar-refractivity contribution < 1.29 is 56.7 Å². The van der Waals surface area contributed by atoms with Gasteiger partial charge in [-0.25, -0.2) is 9.97 Å². The molecule has 1 atom stereocenters. The molecule has 14 aromatic rings. The maximum Gasteiger partial charge on any atom is 0.251 e. The summed E-state index contributed by atoms with van der Waals surface area (Å²) in [4.78, 5) is 84.1. The first-order valence-corrected chi connectivity index (χ1v) is 38.3. The third-order valence-electron chi connectivity index (χ3n) is 19.5. The van der Waals surface area contributed by atoms with Crippen LogP contribution in [0.2, 0.25) is 0 Å². The summed E-state index contributed by atoms with van der Waals surface area (Å²) in [5.41, 5.74) is 13.1. The minimum atomic E-state index is -0.353. The van der Waals surface area contributed by atoms with Crippen LogP contribution in [0.25, 0.3) is 87.9 Å². The van der Waals surface area contributed by atoms with Crippen LogP contribution in [-0.4, -0.2) is 168 Å². The van der Waals surface area contributed by atoms with Gasteiger partial charge in [0.2, 0.25) is 35.5 Å². The van der Waals surface area contributed by atoms with E-state index in [1.54, 1.807) is 105 Å². The molecule has 114 heavy (non-hydrogen) atoms. The smallest absolute Gasteiger partial charge is 0.251 e. The molecule has 31 nitrogen and oxygen atoms in total. The van der Waals surface area contributed by atoms with Crippen LogP contribution in [0.15, 0.2) is 126 Å². The van der Waals surface area contributed by atoms with Gasteiger partial charge in [-0.2, -0.15) is 35.0 Å². The number of H-pyrrole nitrogens is 3. The van der Waals surface area contributed by atoms with Crippen molar-refractivity contribution in [3.63, 3.8) is 0 Å². The number of amides is 3. The zero-order valence-corrected chi connectivity index (χ0v) is 65.7. The summed E-state index contributed by atoms with van der Waals surface area (Å²) in [7, 11) is 9.70. The molecule has 0 radical (unpaired) electrons. The molecular formula is C82H87N19O12S. The van der Waals surface area contributed by atoms with Crippen LogP contribution in [-0.2, 0) is 16.5 Å². The molecule has 17 rings (SSSR count). The zero-order chi connectivity index (χ0) is 79.3. The lowest BCUT2D eigenvalue weighted by Gasteiger charge is -2.23.